The Balaban J connectivity index is 1.61. The molecule has 3 aromatic rings. The van der Waals surface area contributed by atoms with Gasteiger partial charge in [0.25, 0.3) is 0 Å². The van der Waals surface area contributed by atoms with Gasteiger partial charge < -0.3 is 10.1 Å². The molecule has 0 bridgehead atoms. The van der Waals surface area contributed by atoms with Gasteiger partial charge in [-0.3, -0.25) is 9.36 Å². The van der Waals surface area contributed by atoms with Crippen molar-refractivity contribution in [2.75, 3.05) is 11.1 Å². The first-order valence-corrected chi connectivity index (χ1v) is 10.7. The maximum Gasteiger partial charge on any atom is 0.234 e. The summed E-state index contributed by atoms with van der Waals surface area (Å²) in [5.74, 6) is 1.51. The molecule has 0 atom stereocenters. The number of anilines is 1. The maximum absolute atomic E-state index is 12.4. The molecule has 8 heteroatoms. The van der Waals surface area contributed by atoms with Crippen LogP contribution in [-0.4, -0.2) is 26.4 Å². The first-order chi connectivity index (χ1) is 14.5. The molecule has 3 rings (SSSR count). The van der Waals surface area contributed by atoms with E-state index in [1.165, 1.54) is 17.3 Å². The zero-order valence-electron chi connectivity index (χ0n) is 16.9. The first kappa shape index (κ1) is 21.9. The number of nitrogens with zero attached hydrogens (tertiary/aromatic N) is 3. The molecule has 1 amide bonds. The normalized spacial score (nSPS) is 10.6. The number of amides is 1. The third kappa shape index (κ3) is 5.87. The minimum Gasteiger partial charge on any atom is -0.486 e. The zero-order chi connectivity index (χ0) is 21.5. The number of benzene rings is 2. The van der Waals surface area contributed by atoms with Crippen molar-refractivity contribution in [1.29, 1.82) is 0 Å². The summed E-state index contributed by atoms with van der Waals surface area (Å²) in [5, 5.41) is 12.6. The summed E-state index contributed by atoms with van der Waals surface area (Å²) in [7, 11) is 0. The summed E-state index contributed by atoms with van der Waals surface area (Å²) in [5.41, 5.74) is 2.82. The SMILES string of the molecule is C=CCn1c(COc2ccc(C)cc2)nnc1SCC(=O)Nc1ccc(Cl)cc1C. The van der Waals surface area contributed by atoms with Gasteiger partial charge in [-0.1, -0.05) is 47.1 Å². The van der Waals surface area contributed by atoms with Crippen LogP contribution in [0.5, 0.6) is 5.75 Å². The Morgan fingerprint density at radius 2 is 2.00 bits per heavy atom. The lowest BCUT2D eigenvalue weighted by atomic mass is 10.2. The summed E-state index contributed by atoms with van der Waals surface area (Å²) < 4.78 is 7.71. The largest absolute Gasteiger partial charge is 0.486 e. The maximum atomic E-state index is 12.4. The van der Waals surface area contributed by atoms with E-state index in [1.807, 2.05) is 48.7 Å². The zero-order valence-corrected chi connectivity index (χ0v) is 18.5. The van der Waals surface area contributed by atoms with Crippen molar-refractivity contribution in [3.63, 3.8) is 0 Å². The third-order valence-electron chi connectivity index (χ3n) is 4.29. The second kappa shape index (κ2) is 10.3. The van der Waals surface area contributed by atoms with Crippen molar-refractivity contribution in [3.05, 3.63) is 77.1 Å². The first-order valence-electron chi connectivity index (χ1n) is 9.37. The van der Waals surface area contributed by atoms with Crippen LogP contribution in [0.2, 0.25) is 5.02 Å². The van der Waals surface area contributed by atoms with Gasteiger partial charge in [-0.15, -0.1) is 16.8 Å². The molecule has 0 aliphatic rings. The fourth-order valence-electron chi connectivity index (χ4n) is 2.71. The Bertz CT molecular complexity index is 1030. The number of carbonyl (C=O) groups excluding carboxylic acids is 1. The van der Waals surface area contributed by atoms with E-state index in [0.717, 1.165) is 17.0 Å². The highest BCUT2D eigenvalue weighted by Crippen LogP contribution is 2.22. The summed E-state index contributed by atoms with van der Waals surface area (Å²) in [6.45, 7) is 8.53. The Hall–Kier alpha value is -2.77. The molecule has 1 N–H and O–H groups in total. The van der Waals surface area contributed by atoms with E-state index >= 15 is 0 Å². The van der Waals surface area contributed by atoms with Crippen molar-refractivity contribution in [1.82, 2.24) is 14.8 Å². The van der Waals surface area contributed by atoms with Gasteiger partial charge in [0.05, 0.1) is 5.75 Å². The van der Waals surface area contributed by atoms with Crippen LogP contribution < -0.4 is 10.1 Å². The molecule has 1 aromatic heterocycles. The lowest BCUT2D eigenvalue weighted by Gasteiger charge is -2.10. The highest BCUT2D eigenvalue weighted by atomic mass is 35.5. The van der Waals surface area contributed by atoms with E-state index in [9.17, 15) is 4.79 Å². The highest BCUT2D eigenvalue weighted by Gasteiger charge is 2.14. The van der Waals surface area contributed by atoms with E-state index < -0.39 is 0 Å². The number of carbonyl (C=O) groups is 1. The van der Waals surface area contributed by atoms with Crippen LogP contribution in [0.15, 0.2) is 60.3 Å². The van der Waals surface area contributed by atoms with Gasteiger partial charge in [-0.2, -0.15) is 0 Å². The van der Waals surface area contributed by atoms with Gasteiger partial charge in [-0.25, -0.2) is 0 Å². The van der Waals surface area contributed by atoms with Crippen molar-refractivity contribution in [3.8, 4) is 5.75 Å². The summed E-state index contributed by atoms with van der Waals surface area (Å²) in [6.07, 6.45) is 1.76. The quantitative estimate of drug-likeness (QED) is 0.371. The minimum atomic E-state index is -0.129. The van der Waals surface area contributed by atoms with Gasteiger partial charge in [-0.05, 0) is 49.7 Å². The van der Waals surface area contributed by atoms with Gasteiger partial charge in [0.1, 0.15) is 12.4 Å². The number of nitrogens with one attached hydrogen (secondary N) is 1. The Morgan fingerprint density at radius 3 is 2.70 bits per heavy atom. The molecule has 1 heterocycles. The van der Waals surface area contributed by atoms with Crippen LogP contribution in [0.3, 0.4) is 0 Å². The van der Waals surface area contributed by atoms with Crippen LogP contribution >= 0.6 is 23.4 Å². The number of hydrogen-bond donors (Lipinski definition) is 1. The minimum absolute atomic E-state index is 0.129. The molecule has 6 nitrogen and oxygen atoms in total. The van der Waals surface area contributed by atoms with Crippen LogP contribution in [-0.2, 0) is 17.9 Å². The van der Waals surface area contributed by atoms with Crippen LogP contribution in [0.25, 0.3) is 0 Å². The van der Waals surface area contributed by atoms with Gasteiger partial charge >= 0.3 is 0 Å². The predicted octanol–water partition coefficient (Wildman–Crippen LogP) is 5.04. The standard InChI is InChI=1S/C22H23ClN4O2S/c1-4-11-27-20(13-29-18-8-5-15(2)6-9-18)25-26-22(27)30-14-21(28)24-19-10-7-17(23)12-16(19)3/h4-10,12H,1,11,13-14H2,2-3H3,(H,24,28). The van der Waals surface area contributed by atoms with Crippen LogP contribution in [0.1, 0.15) is 17.0 Å². The Labute approximate surface area is 185 Å². The van der Waals surface area contributed by atoms with E-state index in [1.54, 1.807) is 18.2 Å². The molecule has 156 valence electrons. The molecule has 0 aliphatic carbocycles. The summed E-state index contributed by atoms with van der Waals surface area (Å²) in [4.78, 5) is 12.4. The second-order valence-electron chi connectivity index (χ2n) is 6.70. The van der Waals surface area contributed by atoms with Crippen LogP contribution in [0, 0.1) is 13.8 Å². The summed E-state index contributed by atoms with van der Waals surface area (Å²) >= 11 is 7.28. The molecule has 0 spiro atoms. The topological polar surface area (TPSA) is 69.0 Å². The van der Waals surface area contributed by atoms with Crippen molar-refractivity contribution in [2.45, 2.75) is 32.2 Å². The molecule has 0 saturated carbocycles. The van der Waals surface area contributed by atoms with Gasteiger partial charge in [0.2, 0.25) is 5.91 Å². The molecule has 0 fully saturated rings. The summed E-state index contributed by atoms with van der Waals surface area (Å²) in [6, 6.07) is 13.2. The number of aryl methyl sites for hydroxylation is 2. The number of thioether (sulfide) groups is 1. The monoisotopic (exact) mass is 442 g/mol. The Kier molecular flexibility index (Phi) is 7.54. The third-order valence-corrected chi connectivity index (χ3v) is 5.49. The molecular formula is C22H23ClN4O2S. The van der Waals surface area contributed by atoms with E-state index in [2.05, 4.69) is 22.1 Å². The lowest BCUT2D eigenvalue weighted by molar-refractivity contribution is -0.113. The molecular weight excluding hydrogens is 420 g/mol. The fourth-order valence-corrected chi connectivity index (χ4v) is 3.70. The second-order valence-corrected chi connectivity index (χ2v) is 8.07. The van der Waals surface area contributed by atoms with Crippen molar-refractivity contribution < 1.29 is 9.53 Å². The molecule has 0 unspecified atom stereocenters. The number of halogens is 1. The molecule has 30 heavy (non-hydrogen) atoms. The Morgan fingerprint density at radius 1 is 1.23 bits per heavy atom. The average Bonchev–Trinajstić information content (AvgIpc) is 3.10. The lowest BCUT2D eigenvalue weighted by Crippen LogP contribution is -2.15. The van der Waals surface area contributed by atoms with E-state index in [4.69, 9.17) is 16.3 Å². The number of rotatable bonds is 9. The molecule has 0 aliphatic heterocycles. The molecule has 0 saturated heterocycles. The van der Waals surface area contributed by atoms with Crippen LogP contribution in [0.4, 0.5) is 5.69 Å². The number of hydrogen-bond acceptors (Lipinski definition) is 5. The number of ether oxygens (including phenoxy) is 1. The van der Waals surface area contributed by atoms with E-state index in [0.29, 0.717) is 22.5 Å². The van der Waals surface area contributed by atoms with Gasteiger partial charge in [0, 0.05) is 17.3 Å². The fraction of sp³-hybridized carbons (Fsp3) is 0.227. The molecule has 0 radical (unpaired) electrons. The number of allylic oxidation sites excluding steroid dienone is 1. The highest BCUT2D eigenvalue weighted by molar-refractivity contribution is 7.99. The smallest absolute Gasteiger partial charge is 0.234 e. The van der Waals surface area contributed by atoms with Crippen molar-refractivity contribution >= 4 is 35.0 Å². The number of aromatic nitrogens is 3. The predicted molar refractivity (Wildman–Crippen MR) is 121 cm³/mol. The van der Waals surface area contributed by atoms with Crippen molar-refractivity contribution in [2.24, 2.45) is 0 Å². The molecule has 2 aromatic carbocycles. The average molecular weight is 443 g/mol. The van der Waals surface area contributed by atoms with E-state index in [-0.39, 0.29) is 18.3 Å². The van der Waals surface area contributed by atoms with Gasteiger partial charge in [0.15, 0.2) is 11.0 Å².